The van der Waals surface area contributed by atoms with Gasteiger partial charge in [0.15, 0.2) is 5.69 Å². The summed E-state index contributed by atoms with van der Waals surface area (Å²) in [5.74, 6) is 8.92. The zero-order valence-electron chi connectivity index (χ0n) is 19.4. The van der Waals surface area contributed by atoms with Crippen molar-refractivity contribution >= 4 is 6.09 Å². The van der Waals surface area contributed by atoms with Crippen LogP contribution in [0.25, 0.3) is 11.5 Å². The molecule has 4 aromatic rings. The molecule has 1 aromatic heterocycles. The minimum absolute atomic E-state index is 0.184. The van der Waals surface area contributed by atoms with Gasteiger partial charge in [-0.3, -0.25) is 0 Å². The molecule has 0 radical (unpaired) electrons. The third-order valence-corrected chi connectivity index (χ3v) is 4.94. The van der Waals surface area contributed by atoms with E-state index in [4.69, 9.17) is 18.6 Å². The fourth-order valence-corrected chi connectivity index (χ4v) is 3.16. The molecule has 7 heteroatoms. The second kappa shape index (κ2) is 11.4. The Hall–Kier alpha value is -4.70. The van der Waals surface area contributed by atoms with Gasteiger partial charge in [0, 0.05) is 12.1 Å². The van der Waals surface area contributed by atoms with E-state index in [1.54, 1.807) is 31.4 Å². The zero-order chi connectivity index (χ0) is 24.5. The van der Waals surface area contributed by atoms with E-state index >= 15 is 0 Å². The van der Waals surface area contributed by atoms with Gasteiger partial charge < -0.3 is 23.9 Å². The Kier molecular flexibility index (Phi) is 7.66. The summed E-state index contributed by atoms with van der Waals surface area (Å²) < 4.78 is 21.8. The van der Waals surface area contributed by atoms with Crippen LogP contribution in [0.15, 0.2) is 83.3 Å². The molecule has 0 atom stereocenters. The highest BCUT2D eigenvalue weighted by Gasteiger charge is 2.09. The number of amides is 1. The lowest BCUT2D eigenvalue weighted by molar-refractivity contribution is 0.200. The van der Waals surface area contributed by atoms with E-state index in [0.717, 1.165) is 11.1 Å². The number of hydrogen-bond acceptors (Lipinski definition) is 6. The van der Waals surface area contributed by atoms with Crippen LogP contribution < -0.4 is 19.5 Å². The third kappa shape index (κ3) is 6.65. The summed E-state index contributed by atoms with van der Waals surface area (Å²) in [7, 11) is 1.58. The van der Waals surface area contributed by atoms with E-state index in [1.165, 1.54) is 0 Å². The van der Waals surface area contributed by atoms with Gasteiger partial charge in [-0.2, -0.15) is 0 Å². The van der Waals surface area contributed by atoms with Gasteiger partial charge in [0.25, 0.3) is 0 Å². The SMILES string of the molecule is COc1ccc(OC(=O)NCc2cccc(OCC#Cc3nc(-c4ccccc4)oc3C)c2)cc1. The molecule has 1 amide bonds. The van der Waals surface area contributed by atoms with Gasteiger partial charge in [-0.1, -0.05) is 36.3 Å². The topological polar surface area (TPSA) is 82.8 Å². The maximum Gasteiger partial charge on any atom is 0.412 e. The number of carbonyl (C=O) groups excluding carboxylic acids is 1. The van der Waals surface area contributed by atoms with Crippen LogP contribution in [0.4, 0.5) is 4.79 Å². The fraction of sp³-hybridized carbons (Fsp3) is 0.143. The zero-order valence-corrected chi connectivity index (χ0v) is 19.4. The van der Waals surface area contributed by atoms with Crippen LogP contribution in [0.2, 0.25) is 0 Å². The second-order valence-corrected chi connectivity index (χ2v) is 7.45. The molecule has 0 saturated heterocycles. The van der Waals surface area contributed by atoms with E-state index < -0.39 is 6.09 Å². The summed E-state index contributed by atoms with van der Waals surface area (Å²) in [6.07, 6.45) is -0.551. The quantitative estimate of drug-likeness (QED) is 0.367. The molecule has 0 aliphatic rings. The number of ether oxygens (including phenoxy) is 3. The third-order valence-electron chi connectivity index (χ3n) is 4.94. The molecule has 0 spiro atoms. The fourth-order valence-electron chi connectivity index (χ4n) is 3.16. The highest BCUT2D eigenvalue weighted by atomic mass is 16.6. The standard InChI is InChI=1S/C28H24N2O5/c1-20-26(30-27(34-20)22-9-4-3-5-10-22)12-7-17-33-25-11-6-8-21(18-25)19-29-28(31)35-24-15-13-23(32-2)14-16-24/h3-6,8-11,13-16,18H,17,19H2,1-2H3,(H,29,31). The summed E-state index contributed by atoms with van der Waals surface area (Å²) in [4.78, 5) is 16.5. The molecular formula is C28H24N2O5. The van der Waals surface area contributed by atoms with Crippen molar-refractivity contribution in [1.82, 2.24) is 10.3 Å². The molecule has 1 heterocycles. The first-order valence-corrected chi connectivity index (χ1v) is 10.9. The van der Waals surface area contributed by atoms with Gasteiger partial charge in [-0.25, -0.2) is 9.78 Å². The maximum atomic E-state index is 12.1. The number of oxazole rings is 1. The van der Waals surface area contributed by atoms with Gasteiger partial charge in [-0.15, -0.1) is 0 Å². The lowest BCUT2D eigenvalue weighted by Crippen LogP contribution is -2.26. The van der Waals surface area contributed by atoms with Crippen molar-refractivity contribution in [2.45, 2.75) is 13.5 Å². The average molecular weight is 469 g/mol. The van der Waals surface area contributed by atoms with E-state index in [2.05, 4.69) is 22.1 Å². The van der Waals surface area contributed by atoms with Crippen LogP contribution >= 0.6 is 0 Å². The van der Waals surface area contributed by atoms with Crippen LogP contribution in [0.1, 0.15) is 17.0 Å². The number of aromatic nitrogens is 1. The molecular weight excluding hydrogens is 444 g/mol. The first-order valence-electron chi connectivity index (χ1n) is 10.9. The first kappa shape index (κ1) is 23.5. The Bertz CT molecular complexity index is 1340. The normalized spacial score (nSPS) is 10.1. The van der Waals surface area contributed by atoms with Crippen LogP contribution in [0.5, 0.6) is 17.2 Å². The van der Waals surface area contributed by atoms with Gasteiger partial charge in [0.2, 0.25) is 5.89 Å². The van der Waals surface area contributed by atoms with Crippen molar-refractivity contribution in [3.05, 3.63) is 95.9 Å². The van der Waals surface area contributed by atoms with E-state index in [0.29, 0.717) is 34.6 Å². The highest BCUT2D eigenvalue weighted by Crippen LogP contribution is 2.21. The predicted molar refractivity (Wildman–Crippen MR) is 131 cm³/mol. The van der Waals surface area contributed by atoms with E-state index in [9.17, 15) is 4.79 Å². The molecule has 0 saturated carbocycles. The first-order chi connectivity index (χ1) is 17.1. The predicted octanol–water partition coefficient (Wildman–Crippen LogP) is 5.38. The monoisotopic (exact) mass is 468 g/mol. The lowest BCUT2D eigenvalue weighted by Gasteiger charge is -2.08. The number of rotatable bonds is 7. The molecule has 7 nitrogen and oxygen atoms in total. The molecule has 4 rings (SSSR count). The summed E-state index contributed by atoms with van der Waals surface area (Å²) >= 11 is 0. The van der Waals surface area contributed by atoms with E-state index in [-0.39, 0.29) is 13.2 Å². The molecule has 0 aliphatic carbocycles. The van der Waals surface area contributed by atoms with Crippen molar-refractivity contribution in [3.8, 4) is 40.5 Å². The molecule has 0 bridgehead atoms. The molecule has 35 heavy (non-hydrogen) atoms. The van der Waals surface area contributed by atoms with Gasteiger partial charge in [0.05, 0.1) is 7.11 Å². The molecule has 1 N–H and O–H groups in total. The molecule has 176 valence electrons. The number of methoxy groups -OCH3 is 1. The van der Waals surface area contributed by atoms with Crippen LogP contribution in [0.3, 0.4) is 0 Å². The Morgan fingerprint density at radius 2 is 1.74 bits per heavy atom. The molecule has 0 fully saturated rings. The Labute approximate surface area is 203 Å². The summed E-state index contributed by atoms with van der Waals surface area (Å²) in [5.41, 5.74) is 2.35. The summed E-state index contributed by atoms with van der Waals surface area (Å²) in [5, 5.41) is 2.72. The number of hydrogen-bond donors (Lipinski definition) is 1. The molecule has 3 aromatic carbocycles. The minimum Gasteiger partial charge on any atom is -0.497 e. The number of nitrogens with zero attached hydrogens (tertiary/aromatic N) is 1. The Morgan fingerprint density at radius 1 is 0.971 bits per heavy atom. The summed E-state index contributed by atoms with van der Waals surface area (Å²) in [6, 6.07) is 23.8. The van der Waals surface area contributed by atoms with Crippen molar-refractivity contribution in [3.63, 3.8) is 0 Å². The van der Waals surface area contributed by atoms with Crippen molar-refractivity contribution in [1.29, 1.82) is 0 Å². The lowest BCUT2D eigenvalue weighted by atomic mass is 10.2. The van der Waals surface area contributed by atoms with Gasteiger partial charge >= 0.3 is 6.09 Å². The largest absolute Gasteiger partial charge is 0.497 e. The Morgan fingerprint density at radius 3 is 2.51 bits per heavy atom. The minimum atomic E-state index is -0.551. The second-order valence-electron chi connectivity index (χ2n) is 7.45. The van der Waals surface area contributed by atoms with Crippen LogP contribution in [0, 0.1) is 18.8 Å². The average Bonchev–Trinajstić information content (AvgIpc) is 3.27. The number of nitrogens with one attached hydrogen (secondary N) is 1. The van der Waals surface area contributed by atoms with E-state index in [1.807, 2.05) is 61.5 Å². The smallest absolute Gasteiger partial charge is 0.412 e. The number of aryl methyl sites for hydroxylation is 1. The van der Waals surface area contributed by atoms with Crippen molar-refractivity contribution in [2.24, 2.45) is 0 Å². The highest BCUT2D eigenvalue weighted by molar-refractivity contribution is 5.70. The number of carbonyl (C=O) groups is 1. The van der Waals surface area contributed by atoms with Crippen LogP contribution in [-0.4, -0.2) is 24.8 Å². The maximum absolute atomic E-state index is 12.1. The molecule has 0 aliphatic heterocycles. The number of benzene rings is 3. The van der Waals surface area contributed by atoms with Gasteiger partial charge in [0.1, 0.15) is 29.6 Å². The van der Waals surface area contributed by atoms with Crippen LogP contribution in [-0.2, 0) is 6.54 Å². The summed E-state index contributed by atoms with van der Waals surface area (Å²) in [6.45, 7) is 2.31. The van der Waals surface area contributed by atoms with Crippen molar-refractivity contribution in [2.75, 3.05) is 13.7 Å². The Balaban J connectivity index is 1.27. The van der Waals surface area contributed by atoms with Crippen molar-refractivity contribution < 1.29 is 23.4 Å². The molecule has 0 unspecified atom stereocenters. The van der Waals surface area contributed by atoms with Gasteiger partial charge in [-0.05, 0) is 66.9 Å².